The van der Waals surface area contributed by atoms with E-state index >= 15 is 0 Å². The minimum atomic E-state index is -0.731. The molecule has 21 heavy (non-hydrogen) atoms. The Morgan fingerprint density at radius 2 is 2.38 bits per heavy atom. The number of hydrogen-bond acceptors (Lipinski definition) is 4. The molecule has 0 aliphatic heterocycles. The molecule has 7 heteroatoms. The zero-order valence-electron chi connectivity index (χ0n) is 11.7. The van der Waals surface area contributed by atoms with Gasteiger partial charge in [0, 0.05) is 23.7 Å². The minimum absolute atomic E-state index is 0.110. The predicted octanol–water partition coefficient (Wildman–Crippen LogP) is 2.49. The number of carbonyl (C=O) groups is 1. The van der Waals surface area contributed by atoms with Crippen molar-refractivity contribution >= 4 is 11.7 Å². The summed E-state index contributed by atoms with van der Waals surface area (Å²) in [4.78, 5) is 11.9. The first-order chi connectivity index (χ1) is 10.1. The van der Waals surface area contributed by atoms with E-state index in [1.54, 1.807) is 19.1 Å². The van der Waals surface area contributed by atoms with Gasteiger partial charge in [0.2, 0.25) is 5.91 Å². The van der Waals surface area contributed by atoms with Crippen molar-refractivity contribution in [3.05, 3.63) is 29.3 Å². The zero-order chi connectivity index (χ0) is 14.8. The van der Waals surface area contributed by atoms with E-state index in [1.807, 2.05) is 0 Å². The van der Waals surface area contributed by atoms with Crippen LogP contribution in [0.5, 0.6) is 0 Å². The summed E-state index contributed by atoms with van der Waals surface area (Å²) in [5, 5.41) is 13.3. The highest BCUT2D eigenvalue weighted by Crippen LogP contribution is 2.35. The fourth-order valence-electron chi connectivity index (χ4n) is 2.66. The number of H-pyrrole nitrogens is 1. The number of aromatic amines is 1. The Morgan fingerprint density at radius 3 is 3.05 bits per heavy atom. The second-order valence-corrected chi connectivity index (χ2v) is 5.48. The van der Waals surface area contributed by atoms with Crippen molar-refractivity contribution in [2.75, 3.05) is 5.32 Å². The third-order valence-corrected chi connectivity index (χ3v) is 3.69. The molecule has 0 spiro atoms. The SMILES string of the molecule is Cc1cc(CC(=O)Nc2cc([C@@H]3CC[C@H](F)C3)[nH]n2)on1. The second-order valence-electron chi connectivity index (χ2n) is 5.48. The van der Waals surface area contributed by atoms with Crippen LogP contribution in [0.3, 0.4) is 0 Å². The number of anilines is 1. The molecule has 1 saturated carbocycles. The lowest BCUT2D eigenvalue weighted by atomic mass is 10.0. The number of aryl methyl sites for hydroxylation is 1. The molecular weight excluding hydrogens is 275 g/mol. The van der Waals surface area contributed by atoms with Gasteiger partial charge in [-0.05, 0) is 26.2 Å². The van der Waals surface area contributed by atoms with E-state index in [0.29, 0.717) is 24.4 Å². The fraction of sp³-hybridized carbons (Fsp3) is 0.500. The van der Waals surface area contributed by atoms with E-state index in [-0.39, 0.29) is 18.2 Å². The first-order valence-electron chi connectivity index (χ1n) is 7.01. The van der Waals surface area contributed by atoms with E-state index in [2.05, 4.69) is 20.7 Å². The summed E-state index contributed by atoms with van der Waals surface area (Å²) in [6.45, 7) is 1.80. The Labute approximate surface area is 121 Å². The molecule has 1 fully saturated rings. The van der Waals surface area contributed by atoms with Gasteiger partial charge in [-0.15, -0.1) is 0 Å². The molecule has 0 bridgehead atoms. The van der Waals surface area contributed by atoms with Gasteiger partial charge in [0.15, 0.2) is 5.82 Å². The van der Waals surface area contributed by atoms with Crippen LogP contribution in [0, 0.1) is 6.92 Å². The summed E-state index contributed by atoms with van der Waals surface area (Å²) in [5.41, 5.74) is 1.61. The summed E-state index contributed by atoms with van der Waals surface area (Å²) >= 11 is 0. The molecule has 1 aliphatic rings. The lowest BCUT2D eigenvalue weighted by Crippen LogP contribution is -2.14. The van der Waals surface area contributed by atoms with Crippen molar-refractivity contribution in [3.8, 4) is 0 Å². The molecule has 2 aromatic rings. The van der Waals surface area contributed by atoms with E-state index in [0.717, 1.165) is 17.8 Å². The highest BCUT2D eigenvalue weighted by molar-refractivity contribution is 5.91. The quantitative estimate of drug-likeness (QED) is 0.906. The second kappa shape index (κ2) is 5.67. The van der Waals surface area contributed by atoms with Gasteiger partial charge >= 0.3 is 0 Å². The van der Waals surface area contributed by atoms with E-state index in [4.69, 9.17) is 4.52 Å². The summed E-state index contributed by atoms with van der Waals surface area (Å²) < 4.78 is 18.2. The predicted molar refractivity (Wildman–Crippen MR) is 73.6 cm³/mol. The zero-order valence-corrected chi connectivity index (χ0v) is 11.7. The highest BCUT2D eigenvalue weighted by Gasteiger charge is 2.27. The van der Waals surface area contributed by atoms with Gasteiger partial charge in [0.25, 0.3) is 0 Å². The average molecular weight is 292 g/mol. The number of carbonyl (C=O) groups excluding carboxylic acids is 1. The summed E-state index contributed by atoms with van der Waals surface area (Å²) in [7, 11) is 0. The van der Waals surface area contributed by atoms with Crippen LogP contribution in [-0.2, 0) is 11.2 Å². The first kappa shape index (κ1) is 13.8. The van der Waals surface area contributed by atoms with Gasteiger partial charge < -0.3 is 9.84 Å². The number of halogens is 1. The molecule has 2 aromatic heterocycles. The summed E-state index contributed by atoms with van der Waals surface area (Å²) in [6.07, 6.45) is 1.31. The molecule has 2 heterocycles. The smallest absolute Gasteiger partial charge is 0.233 e. The maximum absolute atomic E-state index is 13.2. The van der Waals surface area contributed by atoms with Crippen LogP contribution in [-0.4, -0.2) is 27.4 Å². The molecule has 6 nitrogen and oxygen atoms in total. The number of nitrogens with one attached hydrogen (secondary N) is 2. The molecule has 0 aromatic carbocycles. The number of aromatic nitrogens is 3. The third-order valence-electron chi connectivity index (χ3n) is 3.69. The minimum Gasteiger partial charge on any atom is -0.361 e. The van der Waals surface area contributed by atoms with Crippen LogP contribution in [0.15, 0.2) is 16.7 Å². The summed E-state index contributed by atoms with van der Waals surface area (Å²) in [6, 6.07) is 3.49. The molecule has 3 rings (SSSR count). The van der Waals surface area contributed by atoms with Crippen LogP contribution in [0.2, 0.25) is 0 Å². The molecule has 0 radical (unpaired) electrons. The van der Waals surface area contributed by atoms with E-state index in [9.17, 15) is 9.18 Å². The van der Waals surface area contributed by atoms with Gasteiger partial charge in [-0.2, -0.15) is 5.10 Å². The number of nitrogens with zero attached hydrogens (tertiary/aromatic N) is 2. The molecule has 0 saturated heterocycles. The van der Waals surface area contributed by atoms with Crippen molar-refractivity contribution in [2.45, 2.75) is 44.7 Å². The Kier molecular flexibility index (Phi) is 3.72. The highest BCUT2D eigenvalue weighted by atomic mass is 19.1. The topological polar surface area (TPSA) is 83.8 Å². The molecule has 0 unspecified atom stereocenters. The van der Waals surface area contributed by atoms with Gasteiger partial charge in [-0.3, -0.25) is 9.89 Å². The number of alkyl halides is 1. The van der Waals surface area contributed by atoms with Gasteiger partial charge in [-0.1, -0.05) is 5.16 Å². The van der Waals surface area contributed by atoms with Crippen LogP contribution < -0.4 is 5.32 Å². The summed E-state index contributed by atoms with van der Waals surface area (Å²) in [5.74, 6) is 0.902. The molecule has 2 N–H and O–H groups in total. The Bertz CT molecular complexity index is 636. The maximum Gasteiger partial charge on any atom is 0.233 e. The lowest BCUT2D eigenvalue weighted by molar-refractivity contribution is -0.115. The number of rotatable bonds is 4. The van der Waals surface area contributed by atoms with Gasteiger partial charge in [0.1, 0.15) is 11.9 Å². The molecule has 1 aliphatic carbocycles. The number of hydrogen-bond donors (Lipinski definition) is 2. The lowest BCUT2D eigenvalue weighted by Gasteiger charge is -2.03. The standard InChI is InChI=1S/C14H17FN4O2/c1-8-4-11(21-19-8)6-14(20)16-13-7-12(17-18-13)9-2-3-10(15)5-9/h4,7,9-10H,2-3,5-6H2,1H3,(H2,16,17,18,20)/t9-,10+/m1/s1. The monoisotopic (exact) mass is 292 g/mol. The molecule has 112 valence electrons. The van der Waals surface area contributed by atoms with E-state index < -0.39 is 6.17 Å². The average Bonchev–Trinajstić information content (AvgIpc) is 3.12. The van der Waals surface area contributed by atoms with Crippen LogP contribution in [0.25, 0.3) is 0 Å². The van der Waals surface area contributed by atoms with E-state index in [1.165, 1.54) is 0 Å². The van der Waals surface area contributed by atoms with Crippen LogP contribution in [0.4, 0.5) is 10.2 Å². The molecule has 2 atom stereocenters. The molecule has 1 amide bonds. The third kappa shape index (κ3) is 3.29. The number of amides is 1. The Morgan fingerprint density at radius 1 is 1.52 bits per heavy atom. The van der Waals surface area contributed by atoms with Crippen LogP contribution in [0.1, 0.15) is 42.3 Å². The van der Waals surface area contributed by atoms with Crippen molar-refractivity contribution in [2.24, 2.45) is 0 Å². The van der Waals surface area contributed by atoms with Crippen molar-refractivity contribution in [1.82, 2.24) is 15.4 Å². The first-order valence-corrected chi connectivity index (χ1v) is 7.01. The normalized spacial score (nSPS) is 21.6. The maximum atomic E-state index is 13.2. The van der Waals surface area contributed by atoms with Crippen molar-refractivity contribution < 1.29 is 13.7 Å². The fourth-order valence-corrected chi connectivity index (χ4v) is 2.66. The van der Waals surface area contributed by atoms with Crippen LogP contribution >= 0.6 is 0 Å². The largest absolute Gasteiger partial charge is 0.361 e. The Hall–Kier alpha value is -2.18. The van der Waals surface area contributed by atoms with Gasteiger partial charge in [-0.25, -0.2) is 4.39 Å². The molecular formula is C14H17FN4O2. The van der Waals surface area contributed by atoms with Gasteiger partial charge in [0.05, 0.1) is 12.1 Å². The van der Waals surface area contributed by atoms with Crippen molar-refractivity contribution in [1.29, 1.82) is 0 Å². The van der Waals surface area contributed by atoms with Crippen molar-refractivity contribution in [3.63, 3.8) is 0 Å². The Balaban J connectivity index is 1.58.